The lowest BCUT2D eigenvalue weighted by molar-refractivity contribution is 0.0842. The first-order chi connectivity index (χ1) is 3.70. The zero-order chi connectivity index (χ0) is 6.15. The second-order valence-electron chi connectivity index (χ2n) is 2.34. The van der Waals surface area contributed by atoms with Gasteiger partial charge in [0, 0.05) is 6.54 Å². The van der Waals surface area contributed by atoms with Gasteiger partial charge in [-0.15, -0.1) is 0 Å². The molecule has 46 valence electrons. The zero-order valence-electron chi connectivity index (χ0n) is 5.26. The van der Waals surface area contributed by atoms with E-state index < -0.39 is 0 Å². The van der Waals surface area contributed by atoms with Crippen LogP contribution in [0.2, 0.25) is 0 Å². The molecule has 1 aliphatic rings. The average Bonchev–Trinajstić information content (AvgIpc) is 1.85. The highest BCUT2D eigenvalue weighted by Crippen LogP contribution is 2.09. The lowest BCUT2D eigenvalue weighted by atomic mass is 10.3. The molecule has 1 aliphatic heterocycles. The molecule has 0 saturated heterocycles. The van der Waals surface area contributed by atoms with Crippen LogP contribution in [0, 0.1) is 0 Å². The monoisotopic (exact) mass is 113 g/mol. The molecule has 1 rings (SSSR count). The van der Waals surface area contributed by atoms with Gasteiger partial charge in [0.05, 0.1) is 0 Å². The molecule has 0 spiro atoms. The molecule has 2 heteroatoms. The van der Waals surface area contributed by atoms with Crippen molar-refractivity contribution in [1.82, 2.24) is 4.90 Å². The van der Waals surface area contributed by atoms with E-state index in [0.29, 0.717) is 0 Å². The van der Waals surface area contributed by atoms with Gasteiger partial charge >= 0.3 is 0 Å². The second-order valence-corrected chi connectivity index (χ2v) is 2.34. The third-order valence-electron chi connectivity index (χ3n) is 1.38. The van der Waals surface area contributed by atoms with Crippen LogP contribution < -0.4 is 0 Å². The van der Waals surface area contributed by atoms with Crippen LogP contribution in [0.15, 0.2) is 11.6 Å². The highest BCUT2D eigenvalue weighted by Gasteiger charge is 2.14. The third-order valence-corrected chi connectivity index (χ3v) is 1.38. The average molecular weight is 113 g/mol. The maximum Gasteiger partial charge on any atom is 0.126 e. The van der Waals surface area contributed by atoms with Crippen molar-refractivity contribution in [2.75, 3.05) is 13.6 Å². The van der Waals surface area contributed by atoms with Gasteiger partial charge in [0.25, 0.3) is 0 Å². The van der Waals surface area contributed by atoms with Crippen molar-refractivity contribution in [3.63, 3.8) is 0 Å². The SMILES string of the molecule is CC1=CC(O)N(C)C1. The van der Waals surface area contributed by atoms with E-state index in [0.717, 1.165) is 6.54 Å². The molecule has 0 aromatic heterocycles. The Labute approximate surface area is 49.4 Å². The molecule has 1 heterocycles. The standard InChI is InChI=1S/C6H11NO/c1-5-3-6(8)7(2)4-5/h3,6,8H,4H2,1-2H3. The molecule has 1 N–H and O–H groups in total. The molecule has 0 aliphatic carbocycles. The molecule has 8 heavy (non-hydrogen) atoms. The minimum atomic E-state index is -0.338. The van der Waals surface area contributed by atoms with Crippen LogP contribution in [0.3, 0.4) is 0 Å². The number of hydrogen-bond acceptors (Lipinski definition) is 2. The van der Waals surface area contributed by atoms with Crippen molar-refractivity contribution < 1.29 is 5.11 Å². The van der Waals surface area contributed by atoms with E-state index in [2.05, 4.69) is 0 Å². The fourth-order valence-corrected chi connectivity index (χ4v) is 0.921. The minimum Gasteiger partial charge on any atom is -0.375 e. The summed E-state index contributed by atoms with van der Waals surface area (Å²) in [5, 5.41) is 9.02. The highest BCUT2D eigenvalue weighted by molar-refractivity contribution is 5.09. The number of aliphatic hydroxyl groups excluding tert-OH is 1. The third kappa shape index (κ3) is 0.904. The Morgan fingerprint density at radius 3 is 2.62 bits per heavy atom. The van der Waals surface area contributed by atoms with Gasteiger partial charge in [-0.05, 0) is 20.0 Å². The van der Waals surface area contributed by atoms with E-state index in [1.54, 1.807) is 0 Å². The largest absolute Gasteiger partial charge is 0.375 e. The number of aliphatic hydroxyl groups is 1. The zero-order valence-corrected chi connectivity index (χ0v) is 5.26. The highest BCUT2D eigenvalue weighted by atomic mass is 16.3. The van der Waals surface area contributed by atoms with Gasteiger partial charge in [-0.3, -0.25) is 4.90 Å². The number of rotatable bonds is 0. The van der Waals surface area contributed by atoms with Gasteiger partial charge in [0.15, 0.2) is 0 Å². The quantitative estimate of drug-likeness (QED) is 0.453. The van der Waals surface area contributed by atoms with Crippen molar-refractivity contribution in [3.8, 4) is 0 Å². The molecular weight excluding hydrogens is 102 g/mol. The molecule has 0 aromatic carbocycles. The lowest BCUT2D eigenvalue weighted by Gasteiger charge is -2.11. The molecule has 0 radical (unpaired) electrons. The van der Waals surface area contributed by atoms with Crippen molar-refractivity contribution >= 4 is 0 Å². The first-order valence-corrected chi connectivity index (χ1v) is 2.76. The summed E-state index contributed by atoms with van der Waals surface area (Å²) in [6, 6.07) is 0. The van der Waals surface area contributed by atoms with E-state index in [9.17, 15) is 0 Å². The van der Waals surface area contributed by atoms with Gasteiger partial charge in [-0.25, -0.2) is 0 Å². The van der Waals surface area contributed by atoms with E-state index >= 15 is 0 Å². The smallest absolute Gasteiger partial charge is 0.126 e. The minimum absolute atomic E-state index is 0.338. The molecule has 0 bridgehead atoms. The predicted molar refractivity (Wildman–Crippen MR) is 32.4 cm³/mol. The summed E-state index contributed by atoms with van der Waals surface area (Å²) in [6.45, 7) is 2.92. The normalized spacial score (nSPS) is 30.9. The topological polar surface area (TPSA) is 23.5 Å². The number of likely N-dealkylation sites (N-methyl/N-ethyl adjacent to an activating group) is 1. The van der Waals surface area contributed by atoms with Gasteiger partial charge < -0.3 is 5.11 Å². The maximum atomic E-state index is 9.02. The Morgan fingerprint density at radius 2 is 2.50 bits per heavy atom. The van der Waals surface area contributed by atoms with Crippen LogP contribution in [0.1, 0.15) is 6.92 Å². The van der Waals surface area contributed by atoms with Crippen molar-refractivity contribution in [3.05, 3.63) is 11.6 Å². The van der Waals surface area contributed by atoms with Crippen LogP contribution in [0.4, 0.5) is 0 Å². The van der Waals surface area contributed by atoms with Crippen molar-refractivity contribution in [1.29, 1.82) is 0 Å². The molecule has 2 nitrogen and oxygen atoms in total. The van der Waals surface area contributed by atoms with Crippen LogP contribution in [0.25, 0.3) is 0 Å². The summed E-state index contributed by atoms with van der Waals surface area (Å²) in [4.78, 5) is 1.88. The molecule has 0 saturated carbocycles. The molecule has 0 amide bonds. The molecular formula is C6H11NO. The lowest BCUT2D eigenvalue weighted by Crippen LogP contribution is -2.24. The van der Waals surface area contributed by atoms with E-state index in [1.807, 2.05) is 24.9 Å². The first kappa shape index (κ1) is 5.79. The summed E-state index contributed by atoms with van der Waals surface area (Å²) in [7, 11) is 1.90. The first-order valence-electron chi connectivity index (χ1n) is 2.76. The summed E-state index contributed by atoms with van der Waals surface area (Å²) in [5.41, 5.74) is 1.25. The Kier molecular flexibility index (Phi) is 1.36. The molecule has 1 unspecified atom stereocenters. The van der Waals surface area contributed by atoms with Crippen molar-refractivity contribution in [2.45, 2.75) is 13.2 Å². The fraction of sp³-hybridized carbons (Fsp3) is 0.667. The second kappa shape index (κ2) is 1.88. The molecule has 1 atom stereocenters. The van der Waals surface area contributed by atoms with E-state index in [4.69, 9.17) is 5.11 Å². The van der Waals surface area contributed by atoms with Crippen LogP contribution in [0.5, 0.6) is 0 Å². The van der Waals surface area contributed by atoms with E-state index in [1.165, 1.54) is 5.57 Å². The van der Waals surface area contributed by atoms with Crippen LogP contribution >= 0.6 is 0 Å². The van der Waals surface area contributed by atoms with Gasteiger partial charge in [0.1, 0.15) is 6.23 Å². The van der Waals surface area contributed by atoms with E-state index in [-0.39, 0.29) is 6.23 Å². The summed E-state index contributed by atoms with van der Waals surface area (Å²) in [5.74, 6) is 0. The van der Waals surface area contributed by atoms with Gasteiger partial charge in [0.2, 0.25) is 0 Å². The summed E-state index contributed by atoms with van der Waals surface area (Å²) < 4.78 is 0. The Balaban J connectivity index is 2.56. The predicted octanol–water partition coefficient (Wildman–Crippen LogP) is 0.197. The van der Waals surface area contributed by atoms with Crippen LogP contribution in [-0.2, 0) is 0 Å². The maximum absolute atomic E-state index is 9.02. The van der Waals surface area contributed by atoms with Crippen molar-refractivity contribution in [2.24, 2.45) is 0 Å². The van der Waals surface area contributed by atoms with Gasteiger partial charge in [-0.2, -0.15) is 0 Å². The Bertz CT molecular complexity index is 120. The number of nitrogens with zero attached hydrogens (tertiary/aromatic N) is 1. The van der Waals surface area contributed by atoms with Crippen LogP contribution in [-0.4, -0.2) is 29.8 Å². The Morgan fingerprint density at radius 1 is 1.88 bits per heavy atom. The number of hydrogen-bond donors (Lipinski definition) is 1. The fourth-order valence-electron chi connectivity index (χ4n) is 0.921. The summed E-state index contributed by atoms with van der Waals surface area (Å²) >= 11 is 0. The molecule has 0 aromatic rings. The molecule has 0 fully saturated rings. The summed E-state index contributed by atoms with van der Waals surface area (Å²) in [6.07, 6.45) is 1.52. The van der Waals surface area contributed by atoms with Gasteiger partial charge in [-0.1, -0.05) is 5.57 Å². The Hall–Kier alpha value is -0.340.